The van der Waals surface area contributed by atoms with Crippen molar-refractivity contribution >= 4 is 25.7 Å². The fraction of sp³-hybridized carbons (Fsp3) is 0.960. The molecular weight excluding hydrogens is 1320 g/mol. The molecule has 20 unspecified atom stereocenters. The fourth-order valence-electron chi connectivity index (χ4n) is 13.5. The van der Waals surface area contributed by atoms with Gasteiger partial charge in [-0.15, -0.1) is 0 Å². The van der Waals surface area contributed by atoms with Crippen molar-refractivity contribution in [2.75, 3.05) is 26.4 Å². The number of hydrogen-bond acceptors (Lipinski definition) is 23. The van der Waals surface area contributed by atoms with Gasteiger partial charge in [-0.1, -0.05) is 279 Å². The van der Waals surface area contributed by atoms with E-state index in [2.05, 4.69) is 34.6 Å². The van der Waals surface area contributed by atoms with E-state index in [0.29, 0.717) is 31.1 Å². The minimum absolute atomic E-state index is 0.0306. The number of aliphatic hydroxyl groups is 10. The van der Waals surface area contributed by atoms with E-state index in [1.54, 1.807) is 0 Å². The second-order valence-corrected chi connectivity index (χ2v) is 30.7. The molecule has 3 aliphatic rings. The first-order chi connectivity index (χ1) is 48.1. The third-order valence-electron chi connectivity index (χ3n) is 20.2. The molecule has 100 heavy (non-hydrogen) atoms. The SMILES string of the molecule is CCCCCCCCCCCCCCCC(=O)OC(COC(=O)CCCCCCCCC(C)CCCCCCCC)COP(=O)(O)OC1C(OC2OC(CO)C(O)C(O)C2O)C(O)C(O)C(O)C1OC1OC(COC(=O)CCCCCCCCC(C)CCCCCCCC)C(O)C(O)C1O. The molecule has 25 heteroatoms. The summed E-state index contributed by atoms with van der Waals surface area (Å²) in [5, 5.41) is 110. The van der Waals surface area contributed by atoms with Gasteiger partial charge in [-0.05, 0) is 31.1 Å². The Morgan fingerprint density at radius 3 is 1.08 bits per heavy atom. The number of ether oxygens (including phenoxy) is 7. The van der Waals surface area contributed by atoms with E-state index >= 15 is 0 Å². The summed E-state index contributed by atoms with van der Waals surface area (Å²) >= 11 is 0. The van der Waals surface area contributed by atoms with Gasteiger partial charge in [-0.2, -0.15) is 0 Å². The lowest BCUT2D eigenvalue weighted by Gasteiger charge is -2.49. The van der Waals surface area contributed by atoms with Gasteiger partial charge in [-0.25, -0.2) is 4.57 Å². The minimum Gasteiger partial charge on any atom is -0.463 e. The molecule has 24 nitrogen and oxygen atoms in total. The van der Waals surface area contributed by atoms with E-state index in [0.717, 1.165) is 96.3 Å². The zero-order chi connectivity index (χ0) is 73.5. The molecule has 0 aromatic rings. The molecule has 2 heterocycles. The molecule has 2 saturated heterocycles. The fourth-order valence-corrected chi connectivity index (χ4v) is 14.5. The van der Waals surface area contributed by atoms with Crippen LogP contribution in [0.5, 0.6) is 0 Å². The van der Waals surface area contributed by atoms with Crippen LogP contribution >= 0.6 is 7.82 Å². The second kappa shape index (κ2) is 55.4. The number of aliphatic hydroxyl groups excluding tert-OH is 10. The highest BCUT2D eigenvalue weighted by molar-refractivity contribution is 7.47. The summed E-state index contributed by atoms with van der Waals surface area (Å²) in [6.45, 7) is 8.12. The molecule has 0 aromatic carbocycles. The number of phosphoric ester groups is 1. The number of esters is 3. The Hall–Kier alpha value is -2.04. The zero-order valence-electron chi connectivity index (χ0n) is 62.1. The second-order valence-electron chi connectivity index (χ2n) is 29.3. The number of unbranched alkanes of at least 4 members (excludes halogenated alkanes) is 32. The number of rotatable bonds is 61. The van der Waals surface area contributed by atoms with Crippen LogP contribution < -0.4 is 0 Å². The first-order valence-electron chi connectivity index (χ1n) is 39.6. The van der Waals surface area contributed by atoms with Gasteiger partial charge in [0.05, 0.1) is 13.2 Å². The normalized spacial score (nSPS) is 27.9. The van der Waals surface area contributed by atoms with Crippen LogP contribution in [-0.4, -0.2) is 204 Å². The molecule has 1 saturated carbocycles. The predicted octanol–water partition coefficient (Wildman–Crippen LogP) is 11.5. The molecule has 0 radical (unpaired) electrons. The van der Waals surface area contributed by atoms with Crippen LogP contribution in [-0.2, 0) is 61.2 Å². The summed E-state index contributed by atoms with van der Waals surface area (Å²) in [6.07, 6.45) is 10.2. The molecule has 0 amide bonds. The molecule has 2 aliphatic heterocycles. The molecular formula is C75H141O24P. The third-order valence-corrected chi connectivity index (χ3v) is 21.2. The van der Waals surface area contributed by atoms with Crippen LogP contribution in [0, 0.1) is 11.8 Å². The molecule has 0 bridgehead atoms. The number of hydrogen-bond donors (Lipinski definition) is 11. The van der Waals surface area contributed by atoms with Crippen molar-refractivity contribution in [1.29, 1.82) is 0 Å². The Balaban J connectivity index is 1.73. The maximum Gasteiger partial charge on any atom is 0.472 e. The van der Waals surface area contributed by atoms with Gasteiger partial charge in [0.15, 0.2) is 18.7 Å². The highest BCUT2D eigenvalue weighted by Gasteiger charge is 2.58. The summed E-state index contributed by atoms with van der Waals surface area (Å²) in [5.41, 5.74) is 0. The van der Waals surface area contributed by atoms with Crippen molar-refractivity contribution in [3.05, 3.63) is 0 Å². The van der Waals surface area contributed by atoms with E-state index in [1.807, 2.05) is 0 Å². The van der Waals surface area contributed by atoms with Gasteiger partial charge in [-0.3, -0.25) is 23.4 Å². The average molecular weight is 1460 g/mol. The highest BCUT2D eigenvalue weighted by Crippen LogP contribution is 2.49. The van der Waals surface area contributed by atoms with Gasteiger partial charge < -0.3 is 89.1 Å². The van der Waals surface area contributed by atoms with E-state index in [9.17, 15) is 74.9 Å². The number of carbonyl (C=O) groups is 3. The van der Waals surface area contributed by atoms with Gasteiger partial charge in [0, 0.05) is 19.3 Å². The maximum absolute atomic E-state index is 14.4. The third kappa shape index (κ3) is 38.5. The number of phosphoric acid groups is 1. The van der Waals surface area contributed by atoms with E-state index < -0.39 is 156 Å². The first kappa shape index (κ1) is 92.2. The summed E-state index contributed by atoms with van der Waals surface area (Å²) in [7, 11) is -5.70. The van der Waals surface area contributed by atoms with E-state index in [-0.39, 0.29) is 19.3 Å². The summed E-state index contributed by atoms with van der Waals surface area (Å²) in [5.74, 6) is -0.582. The zero-order valence-corrected chi connectivity index (χ0v) is 63.0. The quantitative estimate of drug-likeness (QED) is 0.0117. The van der Waals surface area contributed by atoms with Crippen LogP contribution in [0.25, 0.3) is 0 Å². The molecule has 1 aliphatic carbocycles. The van der Waals surface area contributed by atoms with Crippen molar-refractivity contribution in [2.24, 2.45) is 11.8 Å². The Bertz CT molecular complexity index is 2100. The Morgan fingerprint density at radius 1 is 0.380 bits per heavy atom. The maximum atomic E-state index is 14.4. The van der Waals surface area contributed by atoms with Crippen LogP contribution in [0.2, 0.25) is 0 Å². The summed E-state index contributed by atoms with van der Waals surface area (Å²) in [6, 6.07) is 0. The Morgan fingerprint density at radius 2 is 0.700 bits per heavy atom. The van der Waals surface area contributed by atoms with E-state index in [1.165, 1.54) is 148 Å². The predicted molar refractivity (Wildman–Crippen MR) is 379 cm³/mol. The molecule has 0 spiro atoms. The molecule has 11 N–H and O–H groups in total. The molecule has 0 aromatic heterocycles. The van der Waals surface area contributed by atoms with Crippen molar-refractivity contribution in [3.63, 3.8) is 0 Å². The standard InChI is InChI=1S/C75H141O24P/c1-6-9-12-15-18-19-20-21-22-23-24-35-42-49-61(79)94-56(51-91-59(77)47-40-33-27-25-31-38-45-54(4)43-36-29-16-13-10-7-2)52-93-100(89,90)99-73-71(97-74-69(87)64(82)62(80)57(50-76)95-74)67(85)66(84)68(86)72(73)98-75-70(88)65(83)63(81)58(96-75)53-92-60(78)48-41-34-28-26-32-39-46-55(5)44-37-30-17-14-11-8-3/h54-58,62-76,80-88H,6-53H2,1-5H3,(H,89,90). The van der Waals surface area contributed by atoms with Crippen LogP contribution in [0.1, 0.15) is 317 Å². The molecule has 3 fully saturated rings. The van der Waals surface area contributed by atoms with Crippen molar-refractivity contribution < 1.29 is 117 Å². The topological polar surface area (TPSA) is 374 Å². The molecule has 590 valence electrons. The van der Waals surface area contributed by atoms with Gasteiger partial charge in [0.1, 0.15) is 98.7 Å². The largest absolute Gasteiger partial charge is 0.472 e. The summed E-state index contributed by atoms with van der Waals surface area (Å²) < 4.78 is 65.2. The molecule has 20 atom stereocenters. The van der Waals surface area contributed by atoms with Gasteiger partial charge in [0.2, 0.25) is 0 Å². The number of carbonyl (C=O) groups excluding carboxylic acids is 3. The van der Waals surface area contributed by atoms with Crippen molar-refractivity contribution in [2.45, 2.75) is 421 Å². The van der Waals surface area contributed by atoms with Crippen molar-refractivity contribution in [3.8, 4) is 0 Å². The van der Waals surface area contributed by atoms with Gasteiger partial charge in [0.25, 0.3) is 0 Å². The molecule has 3 rings (SSSR count). The lowest BCUT2D eigenvalue weighted by atomic mass is 9.84. The first-order valence-corrected chi connectivity index (χ1v) is 41.1. The van der Waals surface area contributed by atoms with Crippen LogP contribution in [0.4, 0.5) is 0 Å². The lowest BCUT2D eigenvalue weighted by molar-refractivity contribution is -0.360. The minimum atomic E-state index is -5.70. The Kier molecular flexibility index (Phi) is 51.1. The van der Waals surface area contributed by atoms with Crippen molar-refractivity contribution in [1.82, 2.24) is 0 Å². The van der Waals surface area contributed by atoms with E-state index in [4.69, 9.17) is 42.2 Å². The summed E-state index contributed by atoms with van der Waals surface area (Å²) in [4.78, 5) is 51.2. The monoisotopic (exact) mass is 1460 g/mol. The highest BCUT2D eigenvalue weighted by atomic mass is 31.2. The average Bonchev–Trinajstić information content (AvgIpc) is 0.762. The smallest absolute Gasteiger partial charge is 0.463 e. The lowest BCUT2D eigenvalue weighted by Crippen LogP contribution is -2.69. The van der Waals surface area contributed by atoms with Crippen LogP contribution in [0.3, 0.4) is 0 Å². The van der Waals surface area contributed by atoms with Gasteiger partial charge >= 0.3 is 25.7 Å². The van der Waals surface area contributed by atoms with Crippen LogP contribution in [0.15, 0.2) is 0 Å². The Labute approximate surface area is 600 Å².